The van der Waals surface area contributed by atoms with Crippen LogP contribution in [0.4, 0.5) is 5.69 Å². The molecule has 1 aromatic rings. The Morgan fingerprint density at radius 1 is 1.42 bits per heavy atom. The van der Waals surface area contributed by atoms with E-state index in [0.29, 0.717) is 12.0 Å². The minimum absolute atomic E-state index is 0.0402. The van der Waals surface area contributed by atoms with Crippen LogP contribution in [0.15, 0.2) is 24.3 Å². The number of amides is 2. The van der Waals surface area contributed by atoms with E-state index in [2.05, 4.69) is 6.92 Å². The van der Waals surface area contributed by atoms with E-state index >= 15 is 0 Å². The third-order valence-electron chi connectivity index (χ3n) is 3.57. The Kier molecular flexibility index (Phi) is 3.88. The van der Waals surface area contributed by atoms with Crippen LogP contribution in [-0.4, -0.2) is 36.9 Å². The van der Waals surface area contributed by atoms with Crippen molar-refractivity contribution in [2.75, 3.05) is 19.0 Å². The summed E-state index contributed by atoms with van der Waals surface area (Å²) < 4.78 is 0. The molecule has 0 N–H and O–H groups in total. The van der Waals surface area contributed by atoms with E-state index in [1.54, 1.807) is 25.1 Å². The van der Waals surface area contributed by atoms with Gasteiger partial charge in [-0.15, -0.1) is 0 Å². The summed E-state index contributed by atoms with van der Waals surface area (Å²) in [5, 5.41) is 0. The van der Waals surface area contributed by atoms with Crippen molar-refractivity contribution < 1.29 is 9.59 Å². The van der Waals surface area contributed by atoms with Crippen LogP contribution in [0.1, 0.15) is 36.5 Å². The molecule has 1 atom stereocenters. The van der Waals surface area contributed by atoms with E-state index in [4.69, 9.17) is 0 Å². The summed E-state index contributed by atoms with van der Waals surface area (Å²) in [5.74, 6) is 0.114. The van der Waals surface area contributed by atoms with Crippen molar-refractivity contribution in [1.29, 1.82) is 0 Å². The Labute approximate surface area is 114 Å². The van der Waals surface area contributed by atoms with Crippen LogP contribution in [0.2, 0.25) is 0 Å². The molecule has 4 heteroatoms. The summed E-state index contributed by atoms with van der Waals surface area (Å²) in [6.45, 7) is 2.09. The molecule has 0 radical (unpaired) electrons. The van der Waals surface area contributed by atoms with E-state index in [1.807, 2.05) is 23.1 Å². The van der Waals surface area contributed by atoms with Gasteiger partial charge in [0.05, 0.1) is 0 Å². The summed E-state index contributed by atoms with van der Waals surface area (Å²) in [6, 6.07) is 7.60. The van der Waals surface area contributed by atoms with Crippen LogP contribution < -0.4 is 4.90 Å². The van der Waals surface area contributed by atoms with Crippen molar-refractivity contribution in [2.24, 2.45) is 0 Å². The molecule has 0 aromatic heterocycles. The predicted octanol–water partition coefficient (Wildman–Crippen LogP) is 2.29. The van der Waals surface area contributed by atoms with Crippen molar-refractivity contribution in [3.8, 4) is 0 Å². The van der Waals surface area contributed by atoms with Crippen molar-refractivity contribution in [3.63, 3.8) is 0 Å². The molecular formula is C15H20N2O2. The van der Waals surface area contributed by atoms with E-state index in [1.165, 1.54) is 0 Å². The van der Waals surface area contributed by atoms with Crippen LogP contribution in [0.5, 0.6) is 0 Å². The second kappa shape index (κ2) is 5.43. The molecule has 0 bridgehead atoms. The first-order valence-corrected chi connectivity index (χ1v) is 6.68. The number of hydrogen-bond acceptors (Lipinski definition) is 2. The molecule has 1 aromatic carbocycles. The van der Waals surface area contributed by atoms with Crippen LogP contribution in [0.25, 0.3) is 0 Å². The Morgan fingerprint density at radius 3 is 2.79 bits per heavy atom. The average molecular weight is 260 g/mol. The fraction of sp³-hybridized carbons (Fsp3) is 0.467. The lowest BCUT2D eigenvalue weighted by atomic mass is 10.1. The third kappa shape index (κ3) is 2.62. The van der Waals surface area contributed by atoms with Gasteiger partial charge in [0.25, 0.3) is 5.91 Å². The first-order valence-electron chi connectivity index (χ1n) is 6.68. The fourth-order valence-electron chi connectivity index (χ4n) is 2.53. The van der Waals surface area contributed by atoms with Gasteiger partial charge in [-0.2, -0.15) is 0 Å². The standard InChI is InChI=1S/C15H20N2O2/c1-4-12-8-9-14(18)17(12)13-7-5-6-11(10-13)15(19)16(2)3/h5-7,10,12H,4,8-9H2,1-3H3. The van der Waals surface area contributed by atoms with Gasteiger partial charge in [-0.25, -0.2) is 0 Å². The molecule has 0 aliphatic carbocycles. The molecule has 1 aliphatic heterocycles. The number of hydrogen-bond donors (Lipinski definition) is 0. The maximum atomic E-state index is 12.0. The third-order valence-corrected chi connectivity index (χ3v) is 3.57. The summed E-state index contributed by atoms with van der Waals surface area (Å²) >= 11 is 0. The summed E-state index contributed by atoms with van der Waals surface area (Å²) in [6.07, 6.45) is 2.45. The van der Waals surface area contributed by atoms with Crippen LogP contribution in [-0.2, 0) is 4.79 Å². The first kappa shape index (κ1) is 13.6. The molecule has 1 saturated heterocycles. The Balaban J connectivity index is 2.33. The minimum atomic E-state index is -0.0402. The number of carbonyl (C=O) groups is 2. The fourth-order valence-corrected chi connectivity index (χ4v) is 2.53. The van der Waals surface area contributed by atoms with E-state index in [0.717, 1.165) is 18.5 Å². The van der Waals surface area contributed by atoms with E-state index < -0.39 is 0 Å². The average Bonchev–Trinajstić information content (AvgIpc) is 2.79. The lowest BCUT2D eigenvalue weighted by molar-refractivity contribution is -0.117. The number of rotatable bonds is 3. The second-order valence-corrected chi connectivity index (χ2v) is 5.11. The van der Waals surface area contributed by atoms with Crippen LogP contribution in [0, 0.1) is 0 Å². The van der Waals surface area contributed by atoms with E-state index in [-0.39, 0.29) is 17.9 Å². The summed E-state index contributed by atoms with van der Waals surface area (Å²) in [4.78, 5) is 27.3. The van der Waals surface area contributed by atoms with Crippen molar-refractivity contribution in [2.45, 2.75) is 32.2 Å². The molecule has 19 heavy (non-hydrogen) atoms. The van der Waals surface area contributed by atoms with Crippen molar-refractivity contribution in [3.05, 3.63) is 29.8 Å². The van der Waals surface area contributed by atoms with Gasteiger partial charge in [0.2, 0.25) is 5.91 Å². The maximum Gasteiger partial charge on any atom is 0.253 e. The SMILES string of the molecule is CCC1CCC(=O)N1c1cccc(C(=O)N(C)C)c1. The molecule has 2 amide bonds. The number of benzene rings is 1. The quantitative estimate of drug-likeness (QED) is 0.836. The van der Waals surface area contributed by atoms with Gasteiger partial charge in [0.1, 0.15) is 0 Å². The zero-order chi connectivity index (χ0) is 14.0. The predicted molar refractivity (Wildman–Crippen MR) is 75.3 cm³/mol. The molecule has 102 valence electrons. The van der Waals surface area contributed by atoms with Gasteiger partial charge >= 0.3 is 0 Å². The summed E-state index contributed by atoms with van der Waals surface area (Å²) in [5.41, 5.74) is 1.46. The Bertz CT molecular complexity index is 497. The zero-order valence-corrected chi connectivity index (χ0v) is 11.7. The van der Waals surface area contributed by atoms with E-state index in [9.17, 15) is 9.59 Å². The highest BCUT2D eigenvalue weighted by Crippen LogP contribution is 2.29. The monoisotopic (exact) mass is 260 g/mol. The van der Waals surface area contributed by atoms with Crippen molar-refractivity contribution >= 4 is 17.5 Å². The topological polar surface area (TPSA) is 40.6 Å². The number of carbonyl (C=O) groups excluding carboxylic acids is 2. The molecule has 0 spiro atoms. The van der Waals surface area contributed by atoms with Crippen LogP contribution in [0.3, 0.4) is 0 Å². The van der Waals surface area contributed by atoms with Crippen LogP contribution >= 0.6 is 0 Å². The highest BCUT2D eigenvalue weighted by Gasteiger charge is 2.31. The first-order chi connectivity index (χ1) is 9.04. The lowest BCUT2D eigenvalue weighted by Gasteiger charge is -2.24. The number of nitrogens with zero attached hydrogens (tertiary/aromatic N) is 2. The van der Waals surface area contributed by atoms with Gasteiger partial charge in [-0.3, -0.25) is 9.59 Å². The van der Waals surface area contributed by atoms with Gasteiger partial charge in [-0.05, 0) is 31.0 Å². The lowest BCUT2D eigenvalue weighted by Crippen LogP contribution is -2.32. The summed E-state index contributed by atoms with van der Waals surface area (Å²) in [7, 11) is 3.45. The molecular weight excluding hydrogens is 240 g/mol. The molecule has 1 aliphatic rings. The van der Waals surface area contributed by atoms with Gasteiger partial charge < -0.3 is 9.80 Å². The van der Waals surface area contributed by atoms with Gasteiger partial charge in [0, 0.05) is 37.8 Å². The molecule has 4 nitrogen and oxygen atoms in total. The zero-order valence-electron chi connectivity index (χ0n) is 11.7. The number of anilines is 1. The molecule has 1 unspecified atom stereocenters. The highest BCUT2D eigenvalue weighted by molar-refractivity contribution is 5.99. The minimum Gasteiger partial charge on any atom is -0.345 e. The Morgan fingerprint density at radius 2 is 2.16 bits per heavy atom. The van der Waals surface area contributed by atoms with Gasteiger partial charge in [-0.1, -0.05) is 13.0 Å². The molecule has 1 heterocycles. The van der Waals surface area contributed by atoms with Gasteiger partial charge in [0.15, 0.2) is 0 Å². The largest absolute Gasteiger partial charge is 0.345 e. The normalized spacial score (nSPS) is 18.8. The molecule has 0 saturated carbocycles. The smallest absolute Gasteiger partial charge is 0.253 e. The maximum absolute atomic E-state index is 12.0. The van der Waals surface area contributed by atoms with Crippen molar-refractivity contribution in [1.82, 2.24) is 4.90 Å². The highest BCUT2D eigenvalue weighted by atomic mass is 16.2. The molecule has 1 fully saturated rings. The Hall–Kier alpha value is -1.84. The second-order valence-electron chi connectivity index (χ2n) is 5.11. The molecule has 2 rings (SSSR count).